The third kappa shape index (κ3) is 1.39. The Morgan fingerprint density at radius 2 is 2.00 bits per heavy atom. The van der Waals surface area contributed by atoms with Crippen molar-refractivity contribution in [3.05, 3.63) is 0 Å². The van der Waals surface area contributed by atoms with E-state index in [9.17, 15) is 0 Å². The van der Waals surface area contributed by atoms with Gasteiger partial charge in [-0.1, -0.05) is 6.92 Å². The summed E-state index contributed by atoms with van der Waals surface area (Å²) in [5.74, 6) is 2.17. The van der Waals surface area contributed by atoms with Crippen LogP contribution in [0, 0.1) is 11.3 Å². The molecule has 1 nitrogen and oxygen atoms in total. The molecule has 2 fully saturated rings. The molecule has 70 valence electrons. The number of rotatable bonds is 3. The van der Waals surface area contributed by atoms with Gasteiger partial charge in [0.05, 0.1) is 0 Å². The highest BCUT2D eigenvalue weighted by atomic mass is 32.2. The number of nitrogens with two attached hydrogens (primary N) is 1. The van der Waals surface area contributed by atoms with Crippen LogP contribution in [0.25, 0.3) is 0 Å². The third-order valence-electron chi connectivity index (χ3n) is 3.50. The lowest BCUT2D eigenvalue weighted by Gasteiger charge is -2.57. The monoisotopic (exact) mass is 185 g/mol. The minimum absolute atomic E-state index is 0.789. The van der Waals surface area contributed by atoms with Crippen LogP contribution in [-0.2, 0) is 0 Å². The maximum absolute atomic E-state index is 5.62. The van der Waals surface area contributed by atoms with E-state index in [-0.39, 0.29) is 0 Å². The lowest BCUT2D eigenvalue weighted by Crippen LogP contribution is -2.50. The van der Waals surface area contributed by atoms with E-state index < -0.39 is 0 Å². The zero-order chi connectivity index (χ0) is 8.60. The Kier molecular flexibility index (Phi) is 2.39. The summed E-state index contributed by atoms with van der Waals surface area (Å²) in [5, 5.41) is 0.994. The first-order chi connectivity index (χ1) is 5.78. The first kappa shape index (κ1) is 8.89. The molecule has 0 radical (unpaired) electrons. The summed E-state index contributed by atoms with van der Waals surface area (Å²) in [6.07, 6.45) is 5.85. The van der Waals surface area contributed by atoms with Gasteiger partial charge in [-0.15, -0.1) is 0 Å². The van der Waals surface area contributed by atoms with Crippen LogP contribution >= 0.6 is 11.8 Å². The van der Waals surface area contributed by atoms with Crippen molar-refractivity contribution in [1.29, 1.82) is 0 Å². The van der Waals surface area contributed by atoms with Crippen LogP contribution in [0.2, 0.25) is 0 Å². The topological polar surface area (TPSA) is 26.0 Å². The summed E-state index contributed by atoms with van der Waals surface area (Å²) in [5.41, 5.74) is 6.41. The van der Waals surface area contributed by atoms with E-state index >= 15 is 0 Å². The van der Waals surface area contributed by atoms with E-state index in [2.05, 4.69) is 18.7 Å². The zero-order valence-electron chi connectivity index (χ0n) is 7.88. The molecule has 2 N–H and O–H groups in total. The molecule has 2 aliphatic carbocycles. The summed E-state index contributed by atoms with van der Waals surface area (Å²) in [6, 6.07) is 0. The van der Waals surface area contributed by atoms with Crippen LogP contribution in [0.4, 0.5) is 0 Å². The van der Waals surface area contributed by atoms with Gasteiger partial charge in [0.1, 0.15) is 0 Å². The lowest BCUT2D eigenvalue weighted by atomic mass is 9.51. The molecule has 2 saturated carbocycles. The van der Waals surface area contributed by atoms with E-state index in [1.807, 2.05) is 0 Å². The van der Waals surface area contributed by atoms with Crippen LogP contribution < -0.4 is 5.73 Å². The zero-order valence-corrected chi connectivity index (χ0v) is 8.70. The molecule has 1 spiro atoms. The van der Waals surface area contributed by atoms with Crippen LogP contribution in [0.3, 0.4) is 0 Å². The van der Waals surface area contributed by atoms with Gasteiger partial charge in [-0.05, 0) is 49.3 Å². The Balaban J connectivity index is 1.69. The average molecular weight is 185 g/mol. The summed E-state index contributed by atoms with van der Waals surface area (Å²) in [6.45, 7) is 3.19. The van der Waals surface area contributed by atoms with Gasteiger partial charge in [0.25, 0.3) is 0 Å². The molecule has 0 amide bonds. The van der Waals surface area contributed by atoms with Crippen molar-refractivity contribution < 1.29 is 0 Å². The number of hydrogen-bond acceptors (Lipinski definition) is 2. The predicted molar refractivity (Wildman–Crippen MR) is 55.4 cm³/mol. The average Bonchev–Trinajstić information content (AvgIpc) is 1.91. The summed E-state index contributed by atoms with van der Waals surface area (Å²) >= 11 is 2.15. The maximum atomic E-state index is 5.62. The lowest BCUT2D eigenvalue weighted by molar-refractivity contribution is -0.0146. The molecule has 2 heteroatoms. The van der Waals surface area contributed by atoms with Gasteiger partial charge in [-0.25, -0.2) is 0 Å². The van der Waals surface area contributed by atoms with E-state index in [0.29, 0.717) is 0 Å². The Morgan fingerprint density at radius 3 is 2.50 bits per heavy atom. The maximum Gasteiger partial charge on any atom is 0.00575 e. The minimum atomic E-state index is 0.789. The third-order valence-corrected chi connectivity index (χ3v) is 4.64. The molecule has 0 aliphatic heterocycles. The molecule has 0 bridgehead atoms. The summed E-state index contributed by atoms with van der Waals surface area (Å²) in [7, 11) is 0. The SMILES string of the molecule is CCSC1CC2(CC(CN)C2)C1. The molecule has 0 heterocycles. The van der Waals surface area contributed by atoms with Crippen molar-refractivity contribution in [2.45, 2.75) is 37.9 Å². The summed E-state index contributed by atoms with van der Waals surface area (Å²) in [4.78, 5) is 0. The van der Waals surface area contributed by atoms with Gasteiger partial charge < -0.3 is 5.73 Å². The largest absolute Gasteiger partial charge is 0.330 e. The Bertz CT molecular complexity index is 155. The predicted octanol–water partition coefficient (Wildman–Crippen LogP) is 2.26. The van der Waals surface area contributed by atoms with Crippen molar-refractivity contribution in [3.63, 3.8) is 0 Å². The molecule has 0 aromatic rings. The molecule has 0 aromatic carbocycles. The van der Waals surface area contributed by atoms with Crippen molar-refractivity contribution in [3.8, 4) is 0 Å². The molecule has 12 heavy (non-hydrogen) atoms. The highest BCUT2D eigenvalue weighted by molar-refractivity contribution is 7.99. The van der Waals surface area contributed by atoms with Crippen LogP contribution in [0.5, 0.6) is 0 Å². The fraction of sp³-hybridized carbons (Fsp3) is 1.00. The molecule has 2 aliphatic rings. The van der Waals surface area contributed by atoms with Gasteiger partial charge in [0.15, 0.2) is 0 Å². The first-order valence-corrected chi connectivity index (χ1v) is 6.14. The Morgan fingerprint density at radius 1 is 1.33 bits per heavy atom. The van der Waals surface area contributed by atoms with Gasteiger partial charge in [0, 0.05) is 5.25 Å². The Hall–Kier alpha value is 0.310. The second kappa shape index (κ2) is 3.22. The minimum Gasteiger partial charge on any atom is -0.330 e. The fourth-order valence-electron chi connectivity index (χ4n) is 2.92. The highest BCUT2D eigenvalue weighted by Crippen LogP contribution is 2.61. The molecule has 0 atom stereocenters. The summed E-state index contributed by atoms with van der Waals surface area (Å²) < 4.78 is 0. The molecular weight excluding hydrogens is 166 g/mol. The van der Waals surface area contributed by atoms with Crippen molar-refractivity contribution in [2.24, 2.45) is 17.1 Å². The quantitative estimate of drug-likeness (QED) is 0.730. The molecule has 0 unspecified atom stereocenters. The normalized spacial score (nSPS) is 45.5. The molecule has 2 rings (SSSR count). The van der Waals surface area contributed by atoms with E-state index in [1.165, 1.54) is 31.4 Å². The fourth-order valence-corrected chi connectivity index (χ4v) is 4.34. The van der Waals surface area contributed by atoms with Crippen LogP contribution in [0.15, 0.2) is 0 Å². The van der Waals surface area contributed by atoms with Crippen LogP contribution in [-0.4, -0.2) is 17.5 Å². The molecular formula is C10H19NS. The number of hydrogen-bond donors (Lipinski definition) is 1. The smallest absolute Gasteiger partial charge is 0.00575 e. The number of thioether (sulfide) groups is 1. The molecule has 0 aromatic heterocycles. The first-order valence-electron chi connectivity index (χ1n) is 5.10. The second-order valence-electron chi connectivity index (χ2n) is 4.50. The van der Waals surface area contributed by atoms with Gasteiger partial charge in [0.2, 0.25) is 0 Å². The van der Waals surface area contributed by atoms with Crippen molar-refractivity contribution in [1.82, 2.24) is 0 Å². The van der Waals surface area contributed by atoms with E-state index in [4.69, 9.17) is 5.73 Å². The van der Waals surface area contributed by atoms with E-state index in [0.717, 1.165) is 23.1 Å². The van der Waals surface area contributed by atoms with Crippen molar-refractivity contribution in [2.75, 3.05) is 12.3 Å². The Labute approximate surface area is 79.5 Å². The van der Waals surface area contributed by atoms with Gasteiger partial charge >= 0.3 is 0 Å². The highest BCUT2D eigenvalue weighted by Gasteiger charge is 2.51. The standard InChI is InChI=1S/C10H19NS/c1-2-12-9-5-10(6-9)3-8(4-10)7-11/h8-9H,2-7,11H2,1H3. The van der Waals surface area contributed by atoms with Crippen molar-refractivity contribution >= 4 is 11.8 Å². The van der Waals surface area contributed by atoms with Gasteiger partial charge in [-0.3, -0.25) is 0 Å². The second-order valence-corrected chi connectivity index (χ2v) is 6.07. The molecule has 0 saturated heterocycles. The van der Waals surface area contributed by atoms with Crippen LogP contribution in [0.1, 0.15) is 32.6 Å². The van der Waals surface area contributed by atoms with Gasteiger partial charge in [-0.2, -0.15) is 11.8 Å². The van der Waals surface area contributed by atoms with E-state index in [1.54, 1.807) is 0 Å².